The summed E-state index contributed by atoms with van der Waals surface area (Å²) in [5, 5.41) is 9.93. The Hall–Kier alpha value is -1.02. The summed E-state index contributed by atoms with van der Waals surface area (Å²) in [4.78, 5) is 2.47. The monoisotopic (exact) mass is 233 g/mol. The van der Waals surface area contributed by atoms with Crippen molar-refractivity contribution in [1.82, 2.24) is 0 Å². The summed E-state index contributed by atoms with van der Waals surface area (Å²) < 4.78 is 0. The summed E-state index contributed by atoms with van der Waals surface area (Å²) in [5.41, 5.74) is 1.52. The Bertz CT molecular complexity index is 364. The molecule has 0 spiro atoms. The van der Waals surface area contributed by atoms with Gasteiger partial charge in [-0.15, -0.1) is 0 Å². The molecule has 1 fully saturated rings. The van der Waals surface area contributed by atoms with Crippen molar-refractivity contribution in [1.29, 1.82) is 0 Å². The third-order valence-electron chi connectivity index (χ3n) is 3.71. The van der Waals surface area contributed by atoms with E-state index in [0.717, 1.165) is 12.1 Å². The van der Waals surface area contributed by atoms with Gasteiger partial charge in [-0.2, -0.15) is 0 Å². The van der Waals surface area contributed by atoms with Crippen LogP contribution in [0.2, 0.25) is 0 Å². The molecule has 1 atom stereocenters. The van der Waals surface area contributed by atoms with E-state index in [0.29, 0.717) is 6.04 Å². The highest BCUT2D eigenvalue weighted by Crippen LogP contribution is 2.27. The molecule has 2 heteroatoms. The number of hydrogen-bond donors (Lipinski definition) is 1. The minimum atomic E-state index is -0.744. The molecule has 1 N–H and O–H groups in total. The molecule has 2 rings (SSSR count). The number of hydrogen-bond acceptors (Lipinski definition) is 2. The van der Waals surface area contributed by atoms with Crippen LogP contribution in [0.25, 0.3) is 0 Å². The van der Waals surface area contributed by atoms with Crippen LogP contribution in [0.4, 0.5) is 5.69 Å². The zero-order chi connectivity index (χ0) is 12.5. The molecule has 94 valence electrons. The molecule has 1 aromatic carbocycles. The number of aliphatic hydroxyl groups is 1. The fraction of sp³-hybridized carbons (Fsp3) is 0.600. The minimum absolute atomic E-state index is 0.636. The van der Waals surface area contributed by atoms with Gasteiger partial charge in [0.2, 0.25) is 0 Å². The van der Waals surface area contributed by atoms with Gasteiger partial charge in [0.1, 0.15) is 0 Å². The van der Waals surface area contributed by atoms with Crippen LogP contribution >= 0.6 is 0 Å². The summed E-state index contributed by atoms with van der Waals surface area (Å²) in [7, 11) is 0. The van der Waals surface area contributed by atoms with Gasteiger partial charge in [0.05, 0.1) is 5.60 Å². The molecular weight excluding hydrogens is 210 g/mol. The summed E-state index contributed by atoms with van der Waals surface area (Å²) in [6.07, 6.45) is 3.92. The maximum atomic E-state index is 9.93. The molecule has 0 saturated carbocycles. The van der Waals surface area contributed by atoms with Crippen LogP contribution in [0, 0.1) is 0 Å². The SMILES string of the molecule is C[C@H]1CCCCN1c1ccc(C(C)(C)O)cc1. The molecule has 1 aliphatic heterocycles. The Kier molecular flexibility index (Phi) is 3.43. The Morgan fingerprint density at radius 2 is 1.82 bits per heavy atom. The lowest BCUT2D eigenvalue weighted by molar-refractivity contribution is 0.0786. The molecular formula is C15H23NO. The highest BCUT2D eigenvalue weighted by atomic mass is 16.3. The van der Waals surface area contributed by atoms with Crippen LogP contribution in [0.1, 0.15) is 45.6 Å². The molecule has 0 bridgehead atoms. The van der Waals surface area contributed by atoms with Crippen molar-refractivity contribution in [3.8, 4) is 0 Å². The first-order chi connectivity index (χ1) is 7.98. The second-order valence-corrected chi connectivity index (χ2v) is 5.64. The van der Waals surface area contributed by atoms with Gasteiger partial charge in [-0.05, 0) is 57.7 Å². The van der Waals surface area contributed by atoms with Gasteiger partial charge in [-0.25, -0.2) is 0 Å². The predicted octanol–water partition coefficient (Wildman–Crippen LogP) is 3.29. The summed E-state index contributed by atoms with van der Waals surface area (Å²) in [6.45, 7) is 7.10. The quantitative estimate of drug-likeness (QED) is 0.847. The molecule has 0 radical (unpaired) electrons. The van der Waals surface area contributed by atoms with Crippen LogP contribution in [-0.4, -0.2) is 17.7 Å². The van der Waals surface area contributed by atoms with Crippen molar-refractivity contribution in [2.45, 2.75) is 51.7 Å². The number of piperidine rings is 1. The Morgan fingerprint density at radius 1 is 1.18 bits per heavy atom. The molecule has 2 nitrogen and oxygen atoms in total. The topological polar surface area (TPSA) is 23.5 Å². The summed E-state index contributed by atoms with van der Waals surface area (Å²) in [6, 6.07) is 8.98. The minimum Gasteiger partial charge on any atom is -0.386 e. The molecule has 0 aromatic heterocycles. The van der Waals surface area contributed by atoms with Gasteiger partial charge >= 0.3 is 0 Å². The lowest BCUT2D eigenvalue weighted by Crippen LogP contribution is -2.37. The van der Waals surface area contributed by atoms with Crippen LogP contribution in [0.15, 0.2) is 24.3 Å². The van der Waals surface area contributed by atoms with Crippen molar-refractivity contribution in [2.24, 2.45) is 0 Å². The van der Waals surface area contributed by atoms with Crippen LogP contribution < -0.4 is 4.90 Å². The number of anilines is 1. The smallest absolute Gasteiger partial charge is 0.0840 e. The third-order valence-corrected chi connectivity index (χ3v) is 3.71. The van der Waals surface area contributed by atoms with Crippen LogP contribution in [0.3, 0.4) is 0 Å². The van der Waals surface area contributed by atoms with E-state index in [-0.39, 0.29) is 0 Å². The van der Waals surface area contributed by atoms with Crippen molar-refractivity contribution < 1.29 is 5.11 Å². The maximum Gasteiger partial charge on any atom is 0.0840 e. The summed E-state index contributed by atoms with van der Waals surface area (Å²) >= 11 is 0. The van der Waals surface area contributed by atoms with Crippen LogP contribution in [0.5, 0.6) is 0 Å². The number of nitrogens with zero attached hydrogens (tertiary/aromatic N) is 1. The second kappa shape index (κ2) is 4.69. The van der Waals surface area contributed by atoms with E-state index >= 15 is 0 Å². The van der Waals surface area contributed by atoms with E-state index in [9.17, 15) is 5.11 Å². The van der Waals surface area contributed by atoms with E-state index in [1.807, 2.05) is 26.0 Å². The van der Waals surface area contributed by atoms with Crippen molar-refractivity contribution in [3.05, 3.63) is 29.8 Å². The average molecular weight is 233 g/mol. The molecule has 0 aliphatic carbocycles. The number of benzene rings is 1. The Labute approximate surface area is 104 Å². The fourth-order valence-electron chi connectivity index (χ4n) is 2.54. The molecule has 1 heterocycles. The first-order valence-electron chi connectivity index (χ1n) is 6.58. The van der Waals surface area contributed by atoms with E-state index < -0.39 is 5.60 Å². The zero-order valence-electron chi connectivity index (χ0n) is 11.1. The van der Waals surface area contributed by atoms with Crippen molar-refractivity contribution >= 4 is 5.69 Å². The molecule has 1 saturated heterocycles. The normalized spacial score (nSPS) is 21.6. The predicted molar refractivity (Wildman–Crippen MR) is 72.3 cm³/mol. The average Bonchev–Trinajstić information content (AvgIpc) is 2.29. The maximum absolute atomic E-state index is 9.93. The molecule has 1 aliphatic rings. The van der Waals surface area contributed by atoms with Gasteiger partial charge < -0.3 is 10.0 Å². The van der Waals surface area contributed by atoms with E-state index in [2.05, 4.69) is 24.0 Å². The fourth-order valence-corrected chi connectivity index (χ4v) is 2.54. The van der Waals surface area contributed by atoms with Gasteiger partial charge in [0.25, 0.3) is 0 Å². The number of rotatable bonds is 2. The largest absolute Gasteiger partial charge is 0.386 e. The van der Waals surface area contributed by atoms with Crippen molar-refractivity contribution in [2.75, 3.05) is 11.4 Å². The van der Waals surface area contributed by atoms with E-state index in [1.165, 1.54) is 24.9 Å². The Morgan fingerprint density at radius 3 is 2.35 bits per heavy atom. The molecule has 17 heavy (non-hydrogen) atoms. The standard InChI is InChI=1S/C15H23NO/c1-12-6-4-5-11-16(12)14-9-7-13(8-10-14)15(2,3)17/h7-10,12,17H,4-6,11H2,1-3H3/t12-/m0/s1. The molecule has 0 amide bonds. The second-order valence-electron chi connectivity index (χ2n) is 5.64. The lowest BCUT2D eigenvalue weighted by atomic mass is 9.97. The van der Waals surface area contributed by atoms with E-state index in [4.69, 9.17) is 0 Å². The highest BCUT2D eigenvalue weighted by Gasteiger charge is 2.20. The van der Waals surface area contributed by atoms with Gasteiger partial charge in [0.15, 0.2) is 0 Å². The highest BCUT2D eigenvalue weighted by molar-refractivity contribution is 5.49. The third kappa shape index (κ3) is 2.81. The summed E-state index contributed by atoms with van der Waals surface area (Å²) in [5.74, 6) is 0. The van der Waals surface area contributed by atoms with E-state index in [1.54, 1.807) is 0 Å². The van der Waals surface area contributed by atoms with Gasteiger partial charge in [-0.3, -0.25) is 0 Å². The molecule has 1 aromatic rings. The zero-order valence-corrected chi connectivity index (χ0v) is 11.1. The van der Waals surface area contributed by atoms with Crippen LogP contribution in [-0.2, 0) is 5.60 Å². The first-order valence-corrected chi connectivity index (χ1v) is 6.58. The van der Waals surface area contributed by atoms with Gasteiger partial charge in [-0.1, -0.05) is 12.1 Å². The Balaban J connectivity index is 2.17. The lowest BCUT2D eigenvalue weighted by Gasteiger charge is -2.35. The van der Waals surface area contributed by atoms with Gasteiger partial charge in [0, 0.05) is 18.3 Å². The van der Waals surface area contributed by atoms with Crippen molar-refractivity contribution in [3.63, 3.8) is 0 Å². The molecule has 0 unspecified atom stereocenters. The first kappa shape index (κ1) is 12.4.